The summed E-state index contributed by atoms with van der Waals surface area (Å²) in [6.07, 6.45) is 0. The van der Waals surface area contributed by atoms with E-state index in [-0.39, 0.29) is 0 Å². The van der Waals surface area contributed by atoms with Gasteiger partial charge in [0, 0.05) is 11.0 Å². The highest BCUT2D eigenvalue weighted by atomic mass is 28.3. The molecule has 0 unspecified atom stereocenters. The molecule has 0 saturated carbocycles. The van der Waals surface area contributed by atoms with Crippen molar-refractivity contribution in [1.82, 2.24) is 4.98 Å². The van der Waals surface area contributed by atoms with Crippen molar-refractivity contribution in [2.24, 2.45) is 0 Å². The Bertz CT molecular complexity index is 329. The lowest BCUT2D eigenvalue weighted by molar-refractivity contribution is 1.11. The van der Waals surface area contributed by atoms with Gasteiger partial charge in [0.05, 0.1) is 0 Å². The molecule has 0 amide bonds. The van der Waals surface area contributed by atoms with Crippen molar-refractivity contribution in [3.63, 3.8) is 0 Å². The molecule has 0 aliphatic rings. The third kappa shape index (κ3) is 1.83. The van der Waals surface area contributed by atoms with E-state index in [0.29, 0.717) is 0 Å². The highest BCUT2D eigenvalue weighted by molar-refractivity contribution is 6.70. The van der Waals surface area contributed by atoms with Crippen molar-refractivity contribution in [3.8, 4) is 0 Å². The van der Waals surface area contributed by atoms with Gasteiger partial charge in [-0.05, 0) is 44.4 Å². The normalized spacial score (nSPS) is 11.0. The van der Waals surface area contributed by atoms with E-state index in [2.05, 4.69) is 45.8 Å². The summed E-state index contributed by atoms with van der Waals surface area (Å²) in [7, 11) is -0.414. The van der Waals surface area contributed by atoms with Crippen LogP contribution in [0.15, 0.2) is 0 Å². The van der Waals surface area contributed by atoms with E-state index >= 15 is 0 Å². The van der Waals surface area contributed by atoms with Gasteiger partial charge in [0.25, 0.3) is 0 Å². The van der Waals surface area contributed by atoms with Crippen LogP contribution < -0.4 is 5.32 Å². The van der Waals surface area contributed by atoms with Crippen molar-refractivity contribution in [3.05, 3.63) is 22.4 Å². The molecule has 0 N–H and O–H groups in total. The number of rotatable bonds is 1. The lowest BCUT2D eigenvalue weighted by atomic mass is 10.1. The molecule has 0 atom stereocenters. The van der Waals surface area contributed by atoms with Gasteiger partial charge in [0.1, 0.15) is 8.80 Å². The van der Waals surface area contributed by atoms with Crippen LogP contribution in [0.5, 0.6) is 0 Å². The molecule has 0 spiro atoms. The number of nitrogens with zero attached hydrogens (tertiary/aromatic N) is 1. The quantitative estimate of drug-likeness (QED) is 0.622. The monoisotopic (exact) mass is 192 g/mol. The van der Waals surface area contributed by atoms with Crippen molar-refractivity contribution < 1.29 is 0 Å². The van der Waals surface area contributed by atoms with Crippen LogP contribution in [0.1, 0.15) is 22.4 Å². The number of pyridine rings is 1. The van der Waals surface area contributed by atoms with Gasteiger partial charge >= 0.3 is 0 Å². The summed E-state index contributed by atoms with van der Waals surface area (Å²) in [5.74, 6) is 0. The third-order valence-corrected chi connectivity index (χ3v) is 4.21. The Labute approximate surface area is 82.8 Å². The highest BCUT2D eigenvalue weighted by Crippen LogP contribution is 2.12. The van der Waals surface area contributed by atoms with Gasteiger partial charge in [-0.2, -0.15) is 0 Å². The summed E-state index contributed by atoms with van der Waals surface area (Å²) < 4.78 is 0. The summed E-state index contributed by atoms with van der Waals surface area (Å²) in [6.45, 7) is 13.3. The molecule has 0 aliphatic carbocycles. The lowest BCUT2D eigenvalue weighted by Gasteiger charge is -2.14. The summed E-state index contributed by atoms with van der Waals surface area (Å²) in [4.78, 5) is 4.68. The average Bonchev–Trinajstić information content (AvgIpc) is 2.07. The zero-order valence-corrected chi connectivity index (χ0v) is 10.4. The predicted molar refractivity (Wildman–Crippen MR) is 60.3 cm³/mol. The predicted octanol–water partition coefficient (Wildman–Crippen LogP) is 2.28. The molecule has 1 rings (SSSR count). The summed E-state index contributed by atoms with van der Waals surface area (Å²) in [5, 5.41) is 1.35. The first-order valence-corrected chi connectivity index (χ1v) is 7.20. The second-order valence-corrected chi connectivity index (χ2v) is 6.39. The molecule has 2 heteroatoms. The van der Waals surface area contributed by atoms with Crippen molar-refractivity contribution in [2.75, 3.05) is 0 Å². The number of aryl methyl sites for hydroxylation is 1. The molecule has 0 aliphatic heterocycles. The van der Waals surface area contributed by atoms with E-state index in [1.165, 1.54) is 27.7 Å². The Hall–Kier alpha value is -0.633. The fraction of sp³-hybridized carbons (Fsp3) is 0.545. The number of hydrogen-bond acceptors (Lipinski definition) is 1. The maximum Gasteiger partial charge on any atom is 0.105 e. The molecular weight excluding hydrogens is 174 g/mol. The van der Waals surface area contributed by atoms with Gasteiger partial charge in [-0.15, -0.1) is 0 Å². The van der Waals surface area contributed by atoms with Gasteiger partial charge in [-0.1, -0.05) is 13.1 Å². The number of aromatic nitrogens is 1. The van der Waals surface area contributed by atoms with Crippen LogP contribution in [0.2, 0.25) is 13.1 Å². The van der Waals surface area contributed by atoms with Crippen LogP contribution in [0, 0.1) is 27.7 Å². The van der Waals surface area contributed by atoms with Crippen LogP contribution in [-0.4, -0.2) is 13.8 Å². The molecule has 13 heavy (non-hydrogen) atoms. The molecule has 0 aromatic carbocycles. The molecule has 1 aromatic rings. The second-order valence-electron chi connectivity index (χ2n) is 3.92. The molecule has 0 fully saturated rings. The maximum absolute atomic E-state index is 4.68. The Morgan fingerprint density at radius 1 is 0.846 bits per heavy atom. The highest BCUT2D eigenvalue weighted by Gasteiger charge is 2.11. The van der Waals surface area contributed by atoms with Crippen LogP contribution in [0.25, 0.3) is 0 Å². The SMILES string of the molecule is Cc1nc([Si](C)C)c(C)c(C)c1C. The first kappa shape index (κ1) is 10.4. The molecule has 1 aromatic heterocycles. The first-order chi connectivity index (χ1) is 5.95. The standard InChI is InChI=1S/C11H18NSi/c1-7-8(2)10(4)12-11(9(7)3)13(5)6/h1-6H3. The van der Waals surface area contributed by atoms with Crippen LogP contribution >= 0.6 is 0 Å². The van der Waals surface area contributed by atoms with E-state index in [0.717, 1.165) is 0 Å². The Morgan fingerprint density at radius 3 is 1.85 bits per heavy atom. The second kappa shape index (κ2) is 3.62. The lowest BCUT2D eigenvalue weighted by Crippen LogP contribution is -2.31. The van der Waals surface area contributed by atoms with Gasteiger partial charge in [-0.25, -0.2) is 0 Å². The topological polar surface area (TPSA) is 12.9 Å². The van der Waals surface area contributed by atoms with Crippen molar-refractivity contribution in [1.29, 1.82) is 0 Å². The summed E-state index contributed by atoms with van der Waals surface area (Å²) in [5.41, 5.74) is 5.38. The van der Waals surface area contributed by atoms with Crippen LogP contribution in [-0.2, 0) is 0 Å². The molecule has 1 nitrogen and oxygen atoms in total. The minimum absolute atomic E-state index is 0.414. The zero-order chi connectivity index (χ0) is 10.2. The maximum atomic E-state index is 4.68. The van der Waals surface area contributed by atoms with E-state index in [9.17, 15) is 0 Å². The summed E-state index contributed by atoms with van der Waals surface area (Å²) >= 11 is 0. The number of hydrogen-bond donors (Lipinski definition) is 0. The minimum Gasteiger partial charge on any atom is -0.263 e. The van der Waals surface area contributed by atoms with Gasteiger partial charge in [0.15, 0.2) is 0 Å². The molecule has 1 radical (unpaired) electrons. The molecule has 71 valence electrons. The Balaban J connectivity index is 3.41. The Kier molecular flexibility index (Phi) is 2.91. The summed E-state index contributed by atoms with van der Waals surface area (Å²) in [6, 6.07) is 0. The van der Waals surface area contributed by atoms with E-state index in [1.807, 2.05) is 0 Å². The fourth-order valence-electron chi connectivity index (χ4n) is 1.55. The third-order valence-electron chi connectivity index (χ3n) is 2.78. The molecule has 0 bridgehead atoms. The first-order valence-electron chi connectivity index (χ1n) is 4.70. The van der Waals surface area contributed by atoms with E-state index in [1.54, 1.807) is 0 Å². The van der Waals surface area contributed by atoms with Gasteiger partial charge in [-0.3, -0.25) is 4.98 Å². The van der Waals surface area contributed by atoms with E-state index in [4.69, 9.17) is 0 Å². The smallest absolute Gasteiger partial charge is 0.105 e. The van der Waals surface area contributed by atoms with Crippen LogP contribution in [0.3, 0.4) is 0 Å². The largest absolute Gasteiger partial charge is 0.263 e. The zero-order valence-electron chi connectivity index (χ0n) is 9.45. The van der Waals surface area contributed by atoms with Crippen molar-refractivity contribution >= 4 is 14.1 Å². The van der Waals surface area contributed by atoms with Crippen LogP contribution in [0.4, 0.5) is 0 Å². The van der Waals surface area contributed by atoms with E-state index < -0.39 is 8.80 Å². The molecule has 0 saturated heterocycles. The Morgan fingerprint density at radius 2 is 1.38 bits per heavy atom. The fourth-order valence-corrected chi connectivity index (χ4v) is 2.88. The molecular formula is C11H18NSi. The van der Waals surface area contributed by atoms with Crippen molar-refractivity contribution in [2.45, 2.75) is 40.8 Å². The van der Waals surface area contributed by atoms with Gasteiger partial charge < -0.3 is 0 Å². The average molecular weight is 192 g/mol. The molecule has 1 heterocycles. The minimum atomic E-state index is -0.414. The van der Waals surface area contributed by atoms with Gasteiger partial charge in [0.2, 0.25) is 0 Å².